The molecule has 0 atom stereocenters. The van der Waals surface area contributed by atoms with Crippen molar-refractivity contribution in [2.75, 3.05) is 11.5 Å². The fourth-order valence-electron chi connectivity index (χ4n) is 2.61. The van der Waals surface area contributed by atoms with Crippen LogP contribution in [0.15, 0.2) is 54.6 Å². The molecule has 0 aliphatic carbocycles. The second-order valence-corrected chi connectivity index (χ2v) is 10.3. The van der Waals surface area contributed by atoms with Crippen molar-refractivity contribution in [3.05, 3.63) is 75.8 Å². The number of non-ortho nitro benzene ring substituents is 1. The average Bonchev–Trinajstić information content (AvgIpc) is 2.75. The van der Waals surface area contributed by atoms with Crippen LogP contribution in [0.3, 0.4) is 0 Å². The van der Waals surface area contributed by atoms with E-state index in [1.807, 2.05) is 12.1 Å². The van der Waals surface area contributed by atoms with Crippen molar-refractivity contribution in [3.8, 4) is 0 Å². The molecule has 0 unspecified atom stereocenters. The summed E-state index contributed by atoms with van der Waals surface area (Å²) in [6.45, 7) is 4.26. The van der Waals surface area contributed by atoms with Gasteiger partial charge < -0.3 is 4.55 Å². The smallest absolute Gasteiger partial charge is 0.269 e. The van der Waals surface area contributed by atoms with Crippen molar-refractivity contribution < 1.29 is 22.1 Å². The van der Waals surface area contributed by atoms with E-state index in [2.05, 4.69) is 18.0 Å². The Kier molecular flexibility index (Phi) is 13.1. The topological polar surface area (TPSA) is 110 Å². The van der Waals surface area contributed by atoms with E-state index in [9.17, 15) is 23.1 Å². The summed E-state index contributed by atoms with van der Waals surface area (Å²) in [5.41, 5.74) is 2.07. The van der Waals surface area contributed by atoms with Crippen LogP contribution < -0.4 is 0 Å². The number of nitro groups is 1. The number of benzene rings is 2. The van der Waals surface area contributed by atoms with Crippen LogP contribution in [0.1, 0.15) is 50.7 Å². The fraction of sp³-hybridized carbons (Fsp3) is 0.455. The molecular formula is C22H31NO6S2. The van der Waals surface area contributed by atoms with Crippen LogP contribution in [0.5, 0.6) is 0 Å². The van der Waals surface area contributed by atoms with Gasteiger partial charge in [-0.2, -0.15) is 0 Å². The van der Waals surface area contributed by atoms with Gasteiger partial charge in [0.1, 0.15) is 17.3 Å². The van der Waals surface area contributed by atoms with Crippen molar-refractivity contribution in [1.82, 2.24) is 0 Å². The molecule has 0 bridgehead atoms. The Morgan fingerprint density at radius 2 is 1.45 bits per heavy atom. The summed E-state index contributed by atoms with van der Waals surface area (Å²) in [6.07, 6.45) is 5.07. The number of unbranched alkanes of at least 4 members (excludes halogenated alkanes) is 2. The highest BCUT2D eigenvalue weighted by atomic mass is 32.3. The van der Waals surface area contributed by atoms with E-state index in [0.29, 0.717) is 16.5 Å². The van der Waals surface area contributed by atoms with Gasteiger partial charge in [-0.05, 0) is 41.4 Å². The second kappa shape index (κ2) is 15.0. The van der Waals surface area contributed by atoms with Crippen LogP contribution in [-0.2, 0) is 37.8 Å². The Morgan fingerprint density at radius 3 is 1.90 bits per heavy atom. The third-order valence-corrected chi connectivity index (χ3v) is 7.18. The minimum atomic E-state index is -4.57. The molecule has 2 rings (SSSR count). The monoisotopic (exact) mass is 469 g/mol. The van der Waals surface area contributed by atoms with Gasteiger partial charge in [0, 0.05) is 17.7 Å². The van der Waals surface area contributed by atoms with Crippen LogP contribution in [0.4, 0.5) is 5.69 Å². The molecule has 0 fully saturated rings. The molecular weight excluding hydrogens is 438 g/mol. The van der Waals surface area contributed by atoms with Crippen molar-refractivity contribution in [3.63, 3.8) is 0 Å². The largest absolute Gasteiger partial charge is 0.726 e. The maximum atomic E-state index is 10.6. The first-order valence-electron chi connectivity index (χ1n) is 10.3. The van der Waals surface area contributed by atoms with Gasteiger partial charge in [0.2, 0.25) is 10.4 Å². The Hall–Kier alpha value is -1.94. The van der Waals surface area contributed by atoms with Gasteiger partial charge in [-0.25, -0.2) is 8.42 Å². The molecule has 0 N–H and O–H groups in total. The van der Waals surface area contributed by atoms with Gasteiger partial charge in [-0.15, -0.1) is 0 Å². The number of nitrogens with zero attached hydrogens (tertiary/aromatic N) is 1. The van der Waals surface area contributed by atoms with Gasteiger partial charge in [0.25, 0.3) is 5.69 Å². The fourth-order valence-corrected chi connectivity index (χ4v) is 5.44. The van der Waals surface area contributed by atoms with Crippen molar-refractivity contribution in [1.29, 1.82) is 0 Å². The summed E-state index contributed by atoms with van der Waals surface area (Å²) in [4.78, 5) is 10.3. The molecule has 0 saturated heterocycles. The molecule has 0 spiro atoms. The van der Waals surface area contributed by atoms with E-state index in [1.165, 1.54) is 42.8 Å². The predicted octanol–water partition coefficient (Wildman–Crippen LogP) is 4.98. The maximum Gasteiger partial charge on any atom is 0.269 e. The summed E-state index contributed by atoms with van der Waals surface area (Å²) in [7, 11) is -4.13. The molecule has 7 nitrogen and oxygen atoms in total. The number of hydrogen-bond acceptors (Lipinski definition) is 6. The van der Waals surface area contributed by atoms with E-state index in [-0.39, 0.29) is 17.2 Å². The molecule has 0 aliphatic heterocycles. The summed E-state index contributed by atoms with van der Waals surface area (Å²) >= 11 is 0. The summed E-state index contributed by atoms with van der Waals surface area (Å²) in [5.74, 6) is 3.68. The molecule has 0 aliphatic rings. The lowest BCUT2D eigenvalue weighted by atomic mass is 10.2. The van der Waals surface area contributed by atoms with Crippen LogP contribution in [0.2, 0.25) is 0 Å². The van der Waals surface area contributed by atoms with Crippen molar-refractivity contribution >= 4 is 27.0 Å². The summed E-state index contributed by atoms with van der Waals surface area (Å²) in [6, 6.07) is 15.7. The van der Waals surface area contributed by atoms with Crippen LogP contribution in [-0.4, -0.2) is 29.4 Å². The van der Waals surface area contributed by atoms with E-state index in [1.54, 1.807) is 42.5 Å². The summed E-state index contributed by atoms with van der Waals surface area (Å²) < 4.78 is 34.1. The molecule has 9 heteroatoms. The Bertz CT molecular complexity index is 849. The highest BCUT2D eigenvalue weighted by Crippen LogP contribution is 2.17. The average molecular weight is 470 g/mol. The molecule has 0 saturated carbocycles. The minimum absolute atomic E-state index is 0.186. The lowest BCUT2D eigenvalue weighted by molar-refractivity contribution is -0.384. The first-order valence-corrected chi connectivity index (χ1v) is 13.3. The Morgan fingerprint density at radius 1 is 0.903 bits per heavy atom. The summed E-state index contributed by atoms with van der Waals surface area (Å²) in [5, 5.41) is 10.6. The molecule has 31 heavy (non-hydrogen) atoms. The van der Waals surface area contributed by atoms with Crippen LogP contribution in [0, 0.1) is 10.1 Å². The van der Waals surface area contributed by atoms with Crippen molar-refractivity contribution in [2.45, 2.75) is 51.9 Å². The minimum Gasteiger partial charge on any atom is -0.726 e. The van der Waals surface area contributed by atoms with E-state index in [4.69, 9.17) is 0 Å². The standard InChI is InChI=1S/C15H24NO2S.C7H8O4S/c1-3-5-11-19(12-6-4-2)13-14-7-9-15(10-8-14)16(17)18;8-12(9,10)11-6-7-4-2-1-3-5-7/h7-10H,3-6,11-13H2,1-2H3;1-5H,6H2,(H,8,9,10)/q+1;/p-1. The zero-order chi connectivity index (χ0) is 23.1. The third-order valence-electron chi connectivity index (χ3n) is 4.30. The van der Waals surface area contributed by atoms with Gasteiger partial charge in [0.05, 0.1) is 11.5 Å². The molecule has 2 aromatic carbocycles. The SMILES string of the molecule is CCCC[S+](CCCC)Cc1ccc([N+](=O)[O-])cc1.O=S(=O)([O-])OCc1ccccc1. The zero-order valence-corrected chi connectivity index (χ0v) is 19.7. The zero-order valence-electron chi connectivity index (χ0n) is 18.1. The Balaban J connectivity index is 0.000000343. The van der Waals surface area contributed by atoms with E-state index in [0.717, 1.165) is 5.75 Å². The quantitative estimate of drug-likeness (QED) is 0.143. The van der Waals surface area contributed by atoms with Crippen molar-refractivity contribution in [2.24, 2.45) is 0 Å². The number of rotatable bonds is 12. The Labute approximate surface area is 188 Å². The first kappa shape index (κ1) is 27.1. The molecule has 0 radical (unpaired) electrons. The number of hydrogen-bond donors (Lipinski definition) is 0. The molecule has 0 amide bonds. The highest BCUT2D eigenvalue weighted by molar-refractivity contribution is 7.96. The van der Waals surface area contributed by atoms with Gasteiger partial charge in [-0.3, -0.25) is 14.3 Å². The second-order valence-electron chi connectivity index (χ2n) is 6.95. The molecule has 2 aromatic rings. The van der Waals surface area contributed by atoms with Gasteiger partial charge >= 0.3 is 0 Å². The first-order chi connectivity index (χ1) is 14.7. The van der Waals surface area contributed by atoms with E-state index >= 15 is 0 Å². The van der Waals surface area contributed by atoms with Gasteiger partial charge in [-0.1, -0.05) is 57.0 Å². The van der Waals surface area contributed by atoms with Crippen LogP contribution >= 0.6 is 0 Å². The van der Waals surface area contributed by atoms with Gasteiger partial charge in [0.15, 0.2) is 0 Å². The predicted molar refractivity (Wildman–Crippen MR) is 125 cm³/mol. The molecule has 0 aromatic heterocycles. The lowest BCUT2D eigenvalue weighted by Gasteiger charge is -2.08. The highest BCUT2D eigenvalue weighted by Gasteiger charge is 2.18. The van der Waals surface area contributed by atoms with E-state index < -0.39 is 10.4 Å². The molecule has 172 valence electrons. The van der Waals surface area contributed by atoms with Crippen LogP contribution in [0.25, 0.3) is 0 Å². The normalized spacial score (nSPS) is 11.1. The molecule has 0 heterocycles. The third kappa shape index (κ3) is 13.2. The maximum absolute atomic E-state index is 10.6. The lowest BCUT2D eigenvalue weighted by Crippen LogP contribution is -2.15. The number of nitro benzene ring substituents is 1.